The third-order valence-electron chi connectivity index (χ3n) is 13.3. The SMILES string of the molecule is O=C(O)c1ccc(-c2ccc3c(c2)B(c2ccccc2)c2cc(-c4nc(-c5ccccc5)nc(-c5ccccc5)n4)cc4c2N3c2ccc(-c3ccc(C(=O)O)cc3)cc2B4c2ccccc2)cc1. The lowest BCUT2D eigenvalue weighted by molar-refractivity contribution is 0.0686. The van der Waals surface area contributed by atoms with E-state index < -0.39 is 11.9 Å². The van der Waals surface area contributed by atoms with Crippen molar-refractivity contribution in [3.8, 4) is 56.4 Å². The van der Waals surface area contributed by atoms with Crippen LogP contribution in [0, 0.1) is 0 Å². The minimum atomic E-state index is -0.970. The number of hydrogen-bond acceptors (Lipinski definition) is 6. The van der Waals surface area contributed by atoms with E-state index in [4.69, 9.17) is 15.0 Å². The van der Waals surface area contributed by atoms with Crippen LogP contribution in [0.5, 0.6) is 0 Å². The van der Waals surface area contributed by atoms with Gasteiger partial charge < -0.3 is 15.1 Å². The first-order valence-electron chi connectivity index (χ1n) is 22.8. The van der Waals surface area contributed by atoms with Crippen LogP contribution in [-0.2, 0) is 0 Å². The predicted molar refractivity (Wildman–Crippen MR) is 278 cm³/mol. The molecule has 0 fully saturated rings. The van der Waals surface area contributed by atoms with Crippen LogP contribution in [0.15, 0.2) is 218 Å². The normalized spacial score (nSPS) is 12.2. The van der Waals surface area contributed by atoms with Gasteiger partial charge in [0.1, 0.15) is 0 Å². The van der Waals surface area contributed by atoms with Crippen molar-refractivity contribution in [3.63, 3.8) is 0 Å². The summed E-state index contributed by atoms with van der Waals surface area (Å²) in [6.07, 6.45) is 0. The Labute approximate surface area is 399 Å². The molecule has 0 radical (unpaired) electrons. The van der Waals surface area contributed by atoms with Gasteiger partial charge in [-0.05, 0) is 80.5 Å². The van der Waals surface area contributed by atoms with E-state index in [0.29, 0.717) is 17.5 Å². The zero-order chi connectivity index (χ0) is 46.6. The van der Waals surface area contributed by atoms with Crippen LogP contribution in [0.1, 0.15) is 20.7 Å². The molecule has 0 bridgehead atoms. The van der Waals surface area contributed by atoms with Gasteiger partial charge >= 0.3 is 11.9 Å². The number of benzene rings is 9. The fourth-order valence-corrected chi connectivity index (χ4v) is 10.1. The third kappa shape index (κ3) is 7.35. The Morgan fingerprint density at radius 2 is 0.681 bits per heavy atom. The fraction of sp³-hybridized carbons (Fsp3) is 0. The highest BCUT2D eigenvalue weighted by Gasteiger charge is 2.44. The molecule has 324 valence electrons. The monoisotopic (exact) mass is 888 g/mol. The van der Waals surface area contributed by atoms with Crippen LogP contribution >= 0.6 is 0 Å². The summed E-state index contributed by atoms with van der Waals surface area (Å²) in [7, 11) is 0. The lowest BCUT2D eigenvalue weighted by Gasteiger charge is -2.44. The Balaban J connectivity index is 1.16. The number of carboxylic acids is 2. The number of aromatic carboxylic acids is 2. The molecule has 8 nitrogen and oxygen atoms in total. The number of hydrogen-bond donors (Lipinski definition) is 2. The van der Waals surface area contributed by atoms with E-state index in [0.717, 1.165) is 88.8 Å². The molecule has 0 amide bonds. The number of nitrogens with zero attached hydrogens (tertiary/aromatic N) is 4. The van der Waals surface area contributed by atoms with Gasteiger partial charge in [0.2, 0.25) is 13.4 Å². The van der Waals surface area contributed by atoms with Crippen molar-refractivity contribution in [1.82, 2.24) is 15.0 Å². The van der Waals surface area contributed by atoms with Crippen molar-refractivity contribution < 1.29 is 19.8 Å². The number of carboxylic acid groups (broad SMARTS) is 2. The number of anilines is 3. The van der Waals surface area contributed by atoms with Crippen molar-refractivity contribution in [1.29, 1.82) is 0 Å². The summed E-state index contributed by atoms with van der Waals surface area (Å²) in [6.45, 7) is -0.475. The summed E-state index contributed by atoms with van der Waals surface area (Å²) in [5.41, 5.74) is 16.5. The highest BCUT2D eigenvalue weighted by atomic mass is 16.4. The Bertz CT molecular complexity index is 3390. The second-order valence-corrected chi connectivity index (χ2v) is 17.4. The molecule has 2 N–H and O–H groups in total. The van der Waals surface area contributed by atoms with E-state index >= 15 is 0 Å². The highest BCUT2D eigenvalue weighted by Crippen LogP contribution is 2.41. The van der Waals surface area contributed by atoms with Gasteiger partial charge in [-0.2, -0.15) is 0 Å². The molecule has 1 aromatic heterocycles. The summed E-state index contributed by atoms with van der Waals surface area (Å²) >= 11 is 0. The molecular formula is C59H38B2N4O4. The van der Waals surface area contributed by atoms with Crippen LogP contribution < -0.4 is 37.7 Å². The lowest BCUT2D eigenvalue weighted by atomic mass is 9.30. The number of carbonyl (C=O) groups is 2. The maximum absolute atomic E-state index is 11.9. The Hall–Kier alpha value is -9.14. The van der Waals surface area contributed by atoms with Crippen molar-refractivity contribution in [3.05, 3.63) is 230 Å². The first kappa shape index (κ1) is 41.3. The average Bonchev–Trinajstić information content (AvgIpc) is 3.41. The van der Waals surface area contributed by atoms with Gasteiger partial charge in [-0.3, -0.25) is 0 Å². The maximum Gasteiger partial charge on any atom is 0.335 e. The van der Waals surface area contributed by atoms with Gasteiger partial charge in [0.25, 0.3) is 0 Å². The minimum absolute atomic E-state index is 0.229. The van der Waals surface area contributed by atoms with Gasteiger partial charge in [0, 0.05) is 33.8 Å². The van der Waals surface area contributed by atoms with Crippen molar-refractivity contribution >= 4 is 75.2 Å². The average molecular weight is 889 g/mol. The van der Waals surface area contributed by atoms with Gasteiger partial charge in [-0.1, -0.05) is 193 Å². The second-order valence-electron chi connectivity index (χ2n) is 17.4. The molecule has 0 aliphatic carbocycles. The van der Waals surface area contributed by atoms with Crippen LogP contribution in [0.2, 0.25) is 0 Å². The molecule has 9 aromatic carbocycles. The number of rotatable bonds is 9. The van der Waals surface area contributed by atoms with Crippen LogP contribution in [0.4, 0.5) is 17.1 Å². The predicted octanol–water partition coefficient (Wildman–Crippen LogP) is 8.73. The van der Waals surface area contributed by atoms with Gasteiger partial charge in [-0.15, -0.1) is 0 Å². The molecule has 0 saturated carbocycles. The first-order valence-corrected chi connectivity index (χ1v) is 22.8. The largest absolute Gasteiger partial charge is 0.478 e. The Kier molecular flexibility index (Phi) is 10.1. The Morgan fingerprint density at radius 1 is 0.348 bits per heavy atom. The molecule has 12 rings (SSSR count). The third-order valence-corrected chi connectivity index (χ3v) is 13.3. The molecule has 3 heterocycles. The van der Waals surface area contributed by atoms with Crippen LogP contribution in [-0.4, -0.2) is 50.5 Å². The van der Waals surface area contributed by atoms with Crippen LogP contribution in [0.3, 0.4) is 0 Å². The maximum atomic E-state index is 11.9. The molecule has 10 heteroatoms. The summed E-state index contributed by atoms with van der Waals surface area (Å²) in [5, 5.41) is 19.5. The zero-order valence-corrected chi connectivity index (χ0v) is 36.9. The summed E-state index contributed by atoms with van der Waals surface area (Å²) < 4.78 is 0. The van der Waals surface area contributed by atoms with Crippen molar-refractivity contribution in [2.45, 2.75) is 0 Å². The Morgan fingerprint density at radius 3 is 1.06 bits per heavy atom. The molecule has 0 saturated heterocycles. The van der Waals surface area contributed by atoms with E-state index in [1.165, 1.54) is 0 Å². The molecule has 0 spiro atoms. The number of aromatic nitrogens is 3. The number of fused-ring (bicyclic) bond motifs is 4. The molecule has 2 aliphatic heterocycles. The molecule has 69 heavy (non-hydrogen) atoms. The lowest BCUT2D eigenvalue weighted by Crippen LogP contribution is -2.65. The molecular weight excluding hydrogens is 850 g/mol. The van der Waals surface area contributed by atoms with Gasteiger partial charge in [-0.25, -0.2) is 24.5 Å². The van der Waals surface area contributed by atoms with E-state index in [1.54, 1.807) is 24.3 Å². The van der Waals surface area contributed by atoms with E-state index in [1.807, 2.05) is 97.1 Å². The highest BCUT2D eigenvalue weighted by molar-refractivity contribution is 7.02. The topological polar surface area (TPSA) is 117 Å². The summed E-state index contributed by atoms with van der Waals surface area (Å²) in [6, 6.07) is 73.0. The van der Waals surface area contributed by atoms with E-state index in [2.05, 4.69) is 102 Å². The zero-order valence-electron chi connectivity index (χ0n) is 36.9. The minimum Gasteiger partial charge on any atom is -0.478 e. The fourth-order valence-electron chi connectivity index (χ4n) is 10.1. The molecule has 2 aliphatic rings. The molecule has 0 unspecified atom stereocenters. The summed E-state index contributed by atoms with van der Waals surface area (Å²) in [4.78, 5) is 41.8. The van der Waals surface area contributed by atoms with E-state index in [9.17, 15) is 19.8 Å². The van der Waals surface area contributed by atoms with Crippen LogP contribution in [0.25, 0.3) is 56.4 Å². The van der Waals surface area contributed by atoms with Crippen molar-refractivity contribution in [2.24, 2.45) is 0 Å². The van der Waals surface area contributed by atoms with E-state index in [-0.39, 0.29) is 24.6 Å². The van der Waals surface area contributed by atoms with Crippen molar-refractivity contribution in [2.75, 3.05) is 4.90 Å². The first-order chi connectivity index (χ1) is 33.9. The van der Waals surface area contributed by atoms with Gasteiger partial charge in [0.15, 0.2) is 17.5 Å². The quantitative estimate of drug-likeness (QED) is 0.138. The summed E-state index contributed by atoms with van der Waals surface area (Å²) in [5.74, 6) is -0.258. The van der Waals surface area contributed by atoms with Gasteiger partial charge in [0.05, 0.1) is 11.1 Å². The standard InChI is InChI=1S/C59H38B2N4O4/c66-58(67)41-25-21-37(22-26-41)43-29-31-52-48(33-43)60(46-17-9-3-10-18-46)50-35-45(57-63-55(39-13-5-1-6-14-39)62-56(64-57)40-15-7-2-8-16-40)36-51-54(50)65(52)53-32-30-44(38-23-27-42(28-24-38)59(68)69)34-49(53)61(51)47-19-11-4-12-20-47/h1-36H,(H,66,67)(H,68,69). The molecule has 10 aromatic rings. The molecule has 0 atom stereocenters. The second kappa shape index (κ2) is 16.9. The smallest absolute Gasteiger partial charge is 0.335 e.